The fourth-order valence-corrected chi connectivity index (χ4v) is 2.49. The van der Waals surface area contributed by atoms with Crippen molar-refractivity contribution in [2.75, 3.05) is 0 Å². The van der Waals surface area contributed by atoms with Gasteiger partial charge in [-0.2, -0.15) is 0 Å². The lowest BCUT2D eigenvalue weighted by Crippen LogP contribution is -2.16. The lowest BCUT2D eigenvalue weighted by Gasteiger charge is -2.29. The van der Waals surface area contributed by atoms with Crippen molar-refractivity contribution in [2.45, 2.75) is 52.9 Å². The van der Waals surface area contributed by atoms with Crippen molar-refractivity contribution in [2.24, 2.45) is 11.8 Å². The average molecular weight is 220 g/mol. The van der Waals surface area contributed by atoms with Crippen molar-refractivity contribution in [1.82, 2.24) is 0 Å². The highest BCUT2D eigenvalue weighted by Gasteiger charge is 2.22. The third-order valence-corrected chi connectivity index (χ3v) is 3.81. The Morgan fingerprint density at radius 2 is 2.25 bits per heavy atom. The quantitative estimate of drug-likeness (QED) is 0.631. The van der Waals surface area contributed by atoms with Gasteiger partial charge < -0.3 is 4.79 Å². The number of allylic oxidation sites excluding steroid dienone is 3. The van der Waals surface area contributed by atoms with E-state index in [1.54, 1.807) is 0 Å². The zero-order chi connectivity index (χ0) is 12.1. The van der Waals surface area contributed by atoms with Crippen molar-refractivity contribution in [3.63, 3.8) is 0 Å². The van der Waals surface area contributed by atoms with E-state index in [-0.39, 0.29) is 0 Å². The molecular formula is C15H24O. The molecule has 0 saturated heterocycles. The van der Waals surface area contributed by atoms with Gasteiger partial charge in [-0.05, 0) is 50.0 Å². The maximum Gasteiger partial charge on any atom is 0.120 e. The number of carbonyl (C=O) groups excluding carboxylic acids is 1. The first kappa shape index (κ1) is 13.2. The molecule has 1 rings (SSSR count). The van der Waals surface area contributed by atoms with E-state index in [1.165, 1.54) is 36.0 Å². The van der Waals surface area contributed by atoms with E-state index in [1.807, 2.05) is 0 Å². The van der Waals surface area contributed by atoms with Gasteiger partial charge in [0.2, 0.25) is 0 Å². The Kier molecular flexibility index (Phi) is 4.98. The minimum Gasteiger partial charge on any atom is -0.303 e. The van der Waals surface area contributed by atoms with Crippen LogP contribution in [0.25, 0.3) is 0 Å². The van der Waals surface area contributed by atoms with Crippen LogP contribution >= 0.6 is 0 Å². The number of carbonyl (C=O) groups is 1. The molecule has 1 nitrogen and oxygen atoms in total. The number of hydrogen-bond donors (Lipinski definition) is 0. The van der Waals surface area contributed by atoms with E-state index < -0.39 is 0 Å². The molecule has 0 fully saturated rings. The molecule has 90 valence electrons. The molecule has 0 aromatic rings. The van der Waals surface area contributed by atoms with Crippen molar-refractivity contribution in [3.05, 3.63) is 23.3 Å². The van der Waals surface area contributed by atoms with E-state index in [4.69, 9.17) is 0 Å². The summed E-state index contributed by atoms with van der Waals surface area (Å²) in [6.07, 6.45) is 6.13. The molecule has 0 aromatic heterocycles. The summed E-state index contributed by atoms with van der Waals surface area (Å²) in [4.78, 5) is 10.4. The molecule has 0 radical (unpaired) electrons. The largest absolute Gasteiger partial charge is 0.303 e. The second-order valence-electron chi connectivity index (χ2n) is 5.31. The van der Waals surface area contributed by atoms with Gasteiger partial charge in [0.25, 0.3) is 0 Å². The van der Waals surface area contributed by atoms with Gasteiger partial charge in [0.15, 0.2) is 0 Å². The van der Waals surface area contributed by atoms with Crippen LogP contribution in [0.1, 0.15) is 52.9 Å². The van der Waals surface area contributed by atoms with Crippen LogP contribution in [0.4, 0.5) is 0 Å². The molecule has 0 aliphatic heterocycles. The molecule has 0 bridgehead atoms. The Hall–Kier alpha value is -0.850. The monoisotopic (exact) mass is 220 g/mol. The predicted octanol–water partition coefficient (Wildman–Crippen LogP) is 4.29. The molecule has 1 aliphatic carbocycles. The Morgan fingerprint density at radius 1 is 1.56 bits per heavy atom. The molecule has 1 heteroatoms. The summed E-state index contributed by atoms with van der Waals surface area (Å²) in [5.74, 6) is 1.55. The minimum absolute atomic E-state index is 0.613. The molecule has 0 unspecified atom stereocenters. The number of rotatable bonds is 5. The van der Waals surface area contributed by atoms with E-state index in [0.717, 1.165) is 24.5 Å². The third kappa shape index (κ3) is 3.33. The van der Waals surface area contributed by atoms with E-state index in [9.17, 15) is 4.79 Å². The Morgan fingerprint density at radius 3 is 2.81 bits per heavy atom. The zero-order valence-electron chi connectivity index (χ0n) is 10.9. The summed E-state index contributed by atoms with van der Waals surface area (Å²) in [7, 11) is 0. The second-order valence-corrected chi connectivity index (χ2v) is 5.31. The van der Waals surface area contributed by atoms with Gasteiger partial charge in [-0.1, -0.05) is 31.6 Å². The smallest absolute Gasteiger partial charge is 0.120 e. The normalized spacial score (nSPS) is 21.4. The fourth-order valence-electron chi connectivity index (χ4n) is 2.49. The van der Waals surface area contributed by atoms with Gasteiger partial charge in [0.05, 0.1) is 0 Å². The molecule has 0 amide bonds. The summed E-state index contributed by atoms with van der Waals surface area (Å²) in [6, 6.07) is 0. The van der Waals surface area contributed by atoms with Crippen molar-refractivity contribution < 1.29 is 4.79 Å². The molecule has 0 N–H and O–H groups in total. The van der Waals surface area contributed by atoms with Gasteiger partial charge >= 0.3 is 0 Å². The first-order valence-electron chi connectivity index (χ1n) is 6.36. The number of hydrogen-bond acceptors (Lipinski definition) is 1. The van der Waals surface area contributed by atoms with Crippen LogP contribution < -0.4 is 0 Å². The molecule has 16 heavy (non-hydrogen) atoms. The Labute approximate surface area is 99.6 Å². The van der Waals surface area contributed by atoms with E-state index in [0.29, 0.717) is 6.42 Å². The van der Waals surface area contributed by atoms with Gasteiger partial charge in [0, 0.05) is 6.42 Å². The molecule has 0 saturated carbocycles. The third-order valence-electron chi connectivity index (χ3n) is 3.81. The SMILES string of the molecule is C=C(CCC=O)C1=C(C)CC[C@@H](C(C)C)C1. The Bertz CT molecular complexity index is 297. The summed E-state index contributed by atoms with van der Waals surface area (Å²) >= 11 is 0. The average Bonchev–Trinajstić information content (AvgIpc) is 2.26. The summed E-state index contributed by atoms with van der Waals surface area (Å²) < 4.78 is 0. The molecule has 1 aliphatic rings. The van der Waals surface area contributed by atoms with Gasteiger partial charge in [0.1, 0.15) is 6.29 Å². The van der Waals surface area contributed by atoms with Crippen LogP contribution in [0.15, 0.2) is 23.3 Å². The van der Waals surface area contributed by atoms with Gasteiger partial charge in [-0.25, -0.2) is 0 Å². The molecule has 0 spiro atoms. The first-order valence-corrected chi connectivity index (χ1v) is 6.36. The van der Waals surface area contributed by atoms with Crippen LogP contribution in [0.3, 0.4) is 0 Å². The fraction of sp³-hybridized carbons (Fsp3) is 0.667. The standard InChI is InChI=1S/C15H24O/c1-11(2)14-8-7-13(4)15(10-14)12(3)6-5-9-16/h9,11,14H,3,5-8,10H2,1-2,4H3/t14-/m1/s1. The van der Waals surface area contributed by atoms with E-state index >= 15 is 0 Å². The zero-order valence-corrected chi connectivity index (χ0v) is 10.9. The van der Waals surface area contributed by atoms with Crippen LogP contribution in [0.2, 0.25) is 0 Å². The topological polar surface area (TPSA) is 17.1 Å². The lowest BCUT2D eigenvalue weighted by atomic mass is 9.76. The van der Waals surface area contributed by atoms with Crippen LogP contribution in [-0.2, 0) is 4.79 Å². The summed E-state index contributed by atoms with van der Waals surface area (Å²) in [5.41, 5.74) is 4.13. The van der Waals surface area contributed by atoms with Gasteiger partial charge in [-0.3, -0.25) is 0 Å². The first-order chi connectivity index (χ1) is 7.56. The highest BCUT2D eigenvalue weighted by Crippen LogP contribution is 2.37. The minimum atomic E-state index is 0.613. The lowest BCUT2D eigenvalue weighted by molar-refractivity contribution is -0.107. The highest BCUT2D eigenvalue weighted by molar-refractivity contribution is 5.51. The highest BCUT2D eigenvalue weighted by atomic mass is 16.1. The maximum absolute atomic E-state index is 10.4. The predicted molar refractivity (Wildman–Crippen MR) is 69.3 cm³/mol. The summed E-state index contributed by atoms with van der Waals surface area (Å²) in [5, 5.41) is 0. The molecule has 0 heterocycles. The molecule has 0 aromatic carbocycles. The van der Waals surface area contributed by atoms with Crippen molar-refractivity contribution in [3.8, 4) is 0 Å². The van der Waals surface area contributed by atoms with E-state index in [2.05, 4.69) is 27.4 Å². The second kappa shape index (κ2) is 6.03. The Balaban J connectivity index is 2.68. The molecular weight excluding hydrogens is 196 g/mol. The maximum atomic E-state index is 10.4. The van der Waals surface area contributed by atoms with Crippen molar-refractivity contribution in [1.29, 1.82) is 0 Å². The summed E-state index contributed by atoms with van der Waals surface area (Å²) in [6.45, 7) is 11.0. The van der Waals surface area contributed by atoms with Crippen molar-refractivity contribution >= 4 is 6.29 Å². The van der Waals surface area contributed by atoms with Crippen LogP contribution in [0, 0.1) is 11.8 Å². The van der Waals surface area contributed by atoms with Crippen LogP contribution in [0.5, 0.6) is 0 Å². The van der Waals surface area contributed by atoms with Gasteiger partial charge in [-0.15, -0.1) is 0 Å². The molecule has 1 atom stereocenters. The number of aldehydes is 1. The van der Waals surface area contributed by atoms with Crippen LogP contribution in [-0.4, -0.2) is 6.29 Å².